The summed E-state index contributed by atoms with van der Waals surface area (Å²) >= 11 is 5.09. The number of hydrogen-bond acceptors (Lipinski definition) is 5. The smallest absolute Gasteiger partial charge is 0.140 e. The summed E-state index contributed by atoms with van der Waals surface area (Å²) in [5.41, 5.74) is 3.49. The predicted molar refractivity (Wildman–Crippen MR) is 73.5 cm³/mol. The average Bonchev–Trinajstić information content (AvgIpc) is 2.38. The van der Waals surface area contributed by atoms with Gasteiger partial charge in [0.25, 0.3) is 0 Å². The van der Waals surface area contributed by atoms with E-state index in [2.05, 4.69) is 31.3 Å². The second kappa shape index (κ2) is 6.00. The van der Waals surface area contributed by atoms with Crippen LogP contribution in [-0.2, 0) is 5.75 Å². The van der Waals surface area contributed by atoms with Gasteiger partial charge in [-0.3, -0.25) is 0 Å². The minimum atomic E-state index is 0.670. The van der Waals surface area contributed by atoms with Crippen LogP contribution in [0, 0.1) is 0 Å². The lowest BCUT2D eigenvalue weighted by molar-refractivity contribution is 1.09. The maximum atomic E-state index is 5.31. The van der Waals surface area contributed by atoms with Crippen LogP contribution in [0.5, 0.6) is 0 Å². The topological polar surface area (TPSA) is 63.8 Å². The summed E-state index contributed by atoms with van der Waals surface area (Å²) in [5.74, 6) is 6.74. The number of nitrogens with zero attached hydrogens (tertiary/aromatic N) is 2. The molecule has 6 heteroatoms. The molecule has 0 aromatic carbocycles. The fraction of sp³-hybridized carbons (Fsp3) is 0.0909. The van der Waals surface area contributed by atoms with Crippen LogP contribution in [0.2, 0.25) is 0 Å². The first-order chi connectivity index (χ1) is 8.29. The highest BCUT2D eigenvalue weighted by atomic mass is 79.9. The Labute approximate surface area is 112 Å². The van der Waals surface area contributed by atoms with E-state index in [1.807, 2.05) is 30.3 Å². The summed E-state index contributed by atoms with van der Waals surface area (Å²) in [6.45, 7) is 0. The molecule has 0 radical (unpaired) electrons. The molecule has 4 nitrogen and oxygen atoms in total. The highest BCUT2D eigenvalue weighted by Gasteiger charge is 2.03. The molecule has 0 spiro atoms. The van der Waals surface area contributed by atoms with Crippen molar-refractivity contribution in [3.05, 3.63) is 46.7 Å². The van der Waals surface area contributed by atoms with E-state index < -0.39 is 0 Å². The van der Waals surface area contributed by atoms with E-state index in [1.165, 1.54) is 0 Å². The molecule has 0 aliphatic carbocycles. The number of nitrogen functional groups attached to an aromatic ring is 1. The van der Waals surface area contributed by atoms with Gasteiger partial charge < -0.3 is 5.43 Å². The molecule has 0 saturated carbocycles. The molecule has 0 atom stereocenters. The lowest BCUT2D eigenvalue weighted by Crippen LogP contribution is -2.08. The monoisotopic (exact) mass is 310 g/mol. The second-order valence-corrected chi connectivity index (χ2v) is 5.06. The van der Waals surface area contributed by atoms with Gasteiger partial charge in [-0.05, 0) is 40.2 Å². The Hall–Kier alpha value is -1.11. The molecule has 2 aromatic rings. The number of nitrogens with two attached hydrogens (primary N) is 1. The fourth-order valence-electron chi connectivity index (χ4n) is 1.26. The molecule has 0 aliphatic rings. The third kappa shape index (κ3) is 3.42. The summed E-state index contributed by atoms with van der Waals surface area (Å²) in [6.07, 6.45) is 1.78. The zero-order valence-corrected chi connectivity index (χ0v) is 11.3. The lowest BCUT2D eigenvalue weighted by Gasteiger charge is -2.04. The number of hydrazine groups is 1. The molecule has 0 amide bonds. The molecule has 3 N–H and O–H groups in total. The molecular weight excluding hydrogens is 300 g/mol. The molecule has 0 fully saturated rings. The maximum absolute atomic E-state index is 5.31. The summed E-state index contributed by atoms with van der Waals surface area (Å²) < 4.78 is 0.998. The van der Waals surface area contributed by atoms with Crippen molar-refractivity contribution < 1.29 is 0 Å². The van der Waals surface area contributed by atoms with Crippen LogP contribution >= 0.6 is 27.7 Å². The maximum Gasteiger partial charge on any atom is 0.140 e. The quantitative estimate of drug-likeness (QED) is 0.516. The van der Waals surface area contributed by atoms with Crippen molar-refractivity contribution in [3.63, 3.8) is 0 Å². The average molecular weight is 311 g/mol. The number of pyridine rings is 2. The van der Waals surface area contributed by atoms with Gasteiger partial charge in [0.15, 0.2) is 0 Å². The minimum absolute atomic E-state index is 0.670. The molecule has 17 heavy (non-hydrogen) atoms. The molecule has 2 heterocycles. The van der Waals surface area contributed by atoms with Crippen molar-refractivity contribution >= 4 is 33.5 Å². The van der Waals surface area contributed by atoms with Gasteiger partial charge >= 0.3 is 0 Å². The summed E-state index contributed by atoms with van der Waals surface area (Å²) in [7, 11) is 0. The van der Waals surface area contributed by atoms with Crippen molar-refractivity contribution in [3.8, 4) is 0 Å². The molecule has 0 bridgehead atoms. The number of anilines is 1. The van der Waals surface area contributed by atoms with Crippen LogP contribution < -0.4 is 11.3 Å². The Morgan fingerprint density at radius 3 is 2.94 bits per heavy atom. The Morgan fingerprint density at radius 2 is 2.18 bits per heavy atom. The first-order valence-electron chi connectivity index (χ1n) is 4.95. The summed E-state index contributed by atoms with van der Waals surface area (Å²) in [6, 6.07) is 9.58. The Balaban J connectivity index is 2.05. The number of halogens is 1. The van der Waals surface area contributed by atoms with Crippen molar-refractivity contribution in [2.45, 2.75) is 10.8 Å². The van der Waals surface area contributed by atoms with Gasteiger partial charge in [-0.15, -0.1) is 0 Å². The Kier molecular flexibility index (Phi) is 4.36. The van der Waals surface area contributed by atoms with Gasteiger partial charge in [-0.1, -0.05) is 17.8 Å². The van der Waals surface area contributed by atoms with Gasteiger partial charge in [0.05, 0.1) is 5.69 Å². The van der Waals surface area contributed by atoms with Crippen LogP contribution in [0.15, 0.2) is 46.0 Å². The van der Waals surface area contributed by atoms with E-state index in [4.69, 9.17) is 5.84 Å². The van der Waals surface area contributed by atoms with Gasteiger partial charge in [-0.2, -0.15) is 0 Å². The van der Waals surface area contributed by atoms with Gasteiger partial charge in [0, 0.05) is 16.4 Å². The first-order valence-corrected chi connectivity index (χ1v) is 6.73. The third-order valence-electron chi connectivity index (χ3n) is 2.04. The predicted octanol–water partition coefficient (Wildman–Crippen LogP) is 2.82. The van der Waals surface area contributed by atoms with Gasteiger partial charge in [0.1, 0.15) is 10.8 Å². The second-order valence-electron chi connectivity index (χ2n) is 3.24. The highest BCUT2D eigenvalue weighted by Crippen LogP contribution is 2.27. The molecular formula is C11H11BrN4S. The van der Waals surface area contributed by atoms with Crippen LogP contribution in [0.25, 0.3) is 0 Å². The van der Waals surface area contributed by atoms with Crippen LogP contribution in [0.3, 0.4) is 0 Å². The number of hydrogen-bond donors (Lipinski definition) is 2. The highest BCUT2D eigenvalue weighted by molar-refractivity contribution is 9.10. The standard InChI is InChI=1S/C11H11BrN4S/c12-9-4-2-6-14-11(9)17-7-8-3-1-5-10(15-8)16-13/h1-6H,7,13H2,(H,15,16). The molecule has 0 unspecified atom stereocenters. The van der Waals surface area contributed by atoms with Crippen molar-refractivity contribution in [1.29, 1.82) is 0 Å². The fourth-order valence-corrected chi connectivity index (χ4v) is 2.65. The third-order valence-corrected chi connectivity index (χ3v) is 3.98. The van der Waals surface area contributed by atoms with Gasteiger partial charge in [-0.25, -0.2) is 15.8 Å². The van der Waals surface area contributed by atoms with Gasteiger partial charge in [0.2, 0.25) is 0 Å². The normalized spacial score (nSPS) is 10.2. The van der Waals surface area contributed by atoms with E-state index in [1.54, 1.807) is 18.0 Å². The zero-order valence-electron chi connectivity index (χ0n) is 8.93. The number of thioether (sulfide) groups is 1. The number of aromatic nitrogens is 2. The molecule has 2 rings (SSSR count). The van der Waals surface area contributed by atoms with Crippen LogP contribution in [0.1, 0.15) is 5.69 Å². The summed E-state index contributed by atoms with van der Waals surface area (Å²) in [5, 5.41) is 0.959. The zero-order chi connectivity index (χ0) is 12.1. The van der Waals surface area contributed by atoms with Crippen LogP contribution in [0.4, 0.5) is 5.82 Å². The van der Waals surface area contributed by atoms with E-state index in [0.717, 1.165) is 20.9 Å². The SMILES string of the molecule is NNc1cccc(CSc2ncccc2Br)n1. The van der Waals surface area contributed by atoms with Crippen molar-refractivity contribution in [1.82, 2.24) is 9.97 Å². The molecule has 0 aliphatic heterocycles. The first kappa shape index (κ1) is 12.3. The van der Waals surface area contributed by atoms with E-state index in [-0.39, 0.29) is 0 Å². The molecule has 0 saturated heterocycles. The van der Waals surface area contributed by atoms with Crippen molar-refractivity contribution in [2.24, 2.45) is 5.84 Å². The molecule has 88 valence electrons. The Bertz CT molecular complexity index is 506. The minimum Gasteiger partial charge on any atom is -0.308 e. The van der Waals surface area contributed by atoms with E-state index >= 15 is 0 Å². The van der Waals surface area contributed by atoms with Crippen LogP contribution in [-0.4, -0.2) is 9.97 Å². The summed E-state index contributed by atoms with van der Waals surface area (Å²) in [4.78, 5) is 8.62. The molecule has 2 aromatic heterocycles. The van der Waals surface area contributed by atoms with E-state index in [0.29, 0.717) is 5.82 Å². The van der Waals surface area contributed by atoms with E-state index in [9.17, 15) is 0 Å². The lowest BCUT2D eigenvalue weighted by atomic mass is 10.4. The largest absolute Gasteiger partial charge is 0.308 e. The van der Waals surface area contributed by atoms with Crippen molar-refractivity contribution in [2.75, 3.05) is 5.43 Å². The number of rotatable bonds is 4. The number of nitrogens with one attached hydrogen (secondary N) is 1. The Morgan fingerprint density at radius 1 is 1.29 bits per heavy atom.